The summed E-state index contributed by atoms with van der Waals surface area (Å²) in [6, 6.07) is 14.6. The number of anilines is 1. The summed E-state index contributed by atoms with van der Waals surface area (Å²) in [5, 5.41) is 16.0. The van der Waals surface area contributed by atoms with Gasteiger partial charge in [-0.2, -0.15) is 0 Å². The highest BCUT2D eigenvalue weighted by atomic mass is 16.5. The monoisotopic (exact) mass is 564 g/mol. The highest BCUT2D eigenvalue weighted by Crippen LogP contribution is 2.29. The number of carbonyl (C=O) groups excluding carboxylic acids is 3. The molecule has 1 fully saturated rings. The number of nitrogens with one attached hydrogen (secondary N) is 2. The summed E-state index contributed by atoms with van der Waals surface area (Å²) in [4.78, 5) is 42.5. The molecule has 1 heterocycles. The Morgan fingerprint density at radius 1 is 1.12 bits per heavy atom. The standard InChI is InChI=1S/C32H44N4O5/c1-22-19-36(23(2)21-37)31(39)18-25-17-27(33-30(38)16-24-10-6-4-7-11-24)14-15-28(25)41-29(22)20-35(3)32(40)34-26-12-8-5-9-13-26/h4,6-7,10-11,14-15,17,22-23,26,29,37H,5,8-9,12-13,16,18-21H2,1-3H3,(H,33,38)(H,34,40)/t22-,23+,29-/m0/s1. The Balaban J connectivity index is 1.53. The molecule has 41 heavy (non-hydrogen) atoms. The summed E-state index contributed by atoms with van der Waals surface area (Å²) in [6.45, 7) is 4.40. The number of amides is 4. The zero-order valence-electron chi connectivity index (χ0n) is 24.5. The molecule has 1 saturated carbocycles. The lowest BCUT2D eigenvalue weighted by Gasteiger charge is -2.34. The first kappa shape index (κ1) is 30.4. The lowest BCUT2D eigenvalue weighted by Crippen LogP contribution is -2.50. The fourth-order valence-electron chi connectivity index (χ4n) is 5.60. The van der Waals surface area contributed by atoms with Crippen molar-refractivity contribution >= 4 is 23.5 Å². The molecule has 1 aliphatic heterocycles. The molecule has 9 heteroatoms. The van der Waals surface area contributed by atoms with Crippen molar-refractivity contribution < 1.29 is 24.2 Å². The lowest BCUT2D eigenvalue weighted by molar-refractivity contribution is -0.134. The van der Waals surface area contributed by atoms with Gasteiger partial charge in [0.25, 0.3) is 0 Å². The van der Waals surface area contributed by atoms with Crippen LogP contribution in [0.2, 0.25) is 0 Å². The number of nitrogens with zero attached hydrogens (tertiary/aromatic N) is 2. The Morgan fingerprint density at radius 3 is 2.56 bits per heavy atom. The number of urea groups is 1. The molecule has 3 N–H and O–H groups in total. The van der Waals surface area contributed by atoms with Crippen LogP contribution < -0.4 is 15.4 Å². The second kappa shape index (κ2) is 14.3. The number of carbonyl (C=O) groups is 3. The van der Waals surface area contributed by atoms with Gasteiger partial charge in [-0.05, 0) is 43.5 Å². The Kier molecular flexibility index (Phi) is 10.6. The van der Waals surface area contributed by atoms with Gasteiger partial charge < -0.3 is 30.3 Å². The first-order valence-electron chi connectivity index (χ1n) is 14.8. The Bertz CT molecular complexity index is 1180. The third kappa shape index (κ3) is 8.45. The van der Waals surface area contributed by atoms with E-state index < -0.39 is 6.10 Å². The summed E-state index contributed by atoms with van der Waals surface area (Å²) >= 11 is 0. The van der Waals surface area contributed by atoms with Gasteiger partial charge in [0, 0.05) is 36.8 Å². The molecule has 1 aliphatic carbocycles. The first-order chi connectivity index (χ1) is 19.7. The van der Waals surface area contributed by atoms with Gasteiger partial charge in [-0.1, -0.05) is 56.5 Å². The first-order valence-corrected chi connectivity index (χ1v) is 14.8. The number of aliphatic hydroxyl groups is 1. The van der Waals surface area contributed by atoms with Gasteiger partial charge in [0.2, 0.25) is 11.8 Å². The Hall–Kier alpha value is -3.59. The number of benzene rings is 2. The maximum atomic E-state index is 13.5. The predicted molar refractivity (Wildman–Crippen MR) is 159 cm³/mol. The summed E-state index contributed by atoms with van der Waals surface area (Å²) in [5.74, 6) is 0.157. The minimum Gasteiger partial charge on any atom is -0.488 e. The molecule has 3 atom stereocenters. The molecular formula is C32H44N4O5. The zero-order chi connectivity index (χ0) is 29.4. The molecule has 4 rings (SSSR count). The van der Waals surface area contributed by atoms with Crippen LogP contribution in [0.25, 0.3) is 0 Å². The van der Waals surface area contributed by atoms with E-state index in [0.29, 0.717) is 30.1 Å². The highest BCUT2D eigenvalue weighted by Gasteiger charge is 2.32. The number of hydrogen-bond donors (Lipinski definition) is 3. The van der Waals surface area contributed by atoms with Gasteiger partial charge in [0.05, 0.1) is 32.0 Å². The van der Waals surface area contributed by atoms with E-state index in [1.165, 1.54) is 6.42 Å². The van der Waals surface area contributed by atoms with Crippen molar-refractivity contribution in [2.45, 2.75) is 77.0 Å². The third-order valence-electron chi connectivity index (χ3n) is 8.14. The van der Waals surface area contributed by atoms with Crippen LogP contribution >= 0.6 is 0 Å². The van der Waals surface area contributed by atoms with Crippen molar-refractivity contribution in [2.24, 2.45) is 5.92 Å². The van der Waals surface area contributed by atoms with Crippen molar-refractivity contribution in [3.63, 3.8) is 0 Å². The fraction of sp³-hybridized carbons (Fsp3) is 0.531. The molecule has 2 aliphatic rings. The number of rotatable bonds is 8. The number of likely N-dealkylation sites (N-methyl/N-ethyl adjacent to an activating group) is 1. The Morgan fingerprint density at radius 2 is 1.85 bits per heavy atom. The van der Waals surface area contributed by atoms with Gasteiger partial charge in [0.15, 0.2) is 0 Å². The second-order valence-electron chi connectivity index (χ2n) is 11.6. The molecule has 0 bridgehead atoms. The van der Waals surface area contributed by atoms with Crippen LogP contribution in [0.4, 0.5) is 10.5 Å². The molecular weight excluding hydrogens is 520 g/mol. The largest absolute Gasteiger partial charge is 0.488 e. The molecule has 4 amide bonds. The molecule has 2 aromatic carbocycles. The average Bonchev–Trinajstić information content (AvgIpc) is 3.01. The summed E-state index contributed by atoms with van der Waals surface area (Å²) in [5.41, 5.74) is 2.14. The molecule has 2 aromatic rings. The van der Waals surface area contributed by atoms with Gasteiger partial charge in [-0.3, -0.25) is 9.59 Å². The molecule has 0 radical (unpaired) electrons. The SMILES string of the molecule is C[C@H](CO)N1C[C@H](C)[C@H](CN(C)C(=O)NC2CCCCC2)Oc2ccc(NC(=O)Cc3ccccc3)cc2CC1=O. The molecule has 0 aromatic heterocycles. The Labute approximate surface area is 243 Å². The van der Waals surface area contributed by atoms with Gasteiger partial charge in [-0.15, -0.1) is 0 Å². The van der Waals surface area contributed by atoms with Gasteiger partial charge in [-0.25, -0.2) is 4.79 Å². The van der Waals surface area contributed by atoms with Crippen LogP contribution in [-0.2, 0) is 22.4 Å². The highest BCUT2D eigenvalue weighted by molar-refractivity contribution is 5.92. The van der Waals surface area contributed by atoms with E-state index >= 15 is 0 Å². The number of fused-ring (bicyclic) bond motifs is 1. The van der Waals surface area contributed by atoms with Crippen LogP contribution in [-0.4, -0.2) is 77.7 Å². The maximum absolute atomic E-state index is 13.5. The summed E-state index contributed by atoms with van der Waals surface area (Å²) in [6.07, 6.45) is 5.41. The maximum Gasteiger partial charge on any atom is 0.317 e. The smallest absolute Gasteiger partial charge is 0.317 e. The van der Waals surface area contributed by atoms with Crippen LogP contribution in [0.5, 0.6) is 5.75 Å². The zero-order valence-corrected chi connectivity index (χ0v) is 24.5. The van der Waals surface area contributed by atoms with E-state index in [2.05, 4.69) is 10.6 Å². The van der Waals surface area contributed by atoms with E-state index in [0.717, 1.165) is 31.2 Å². The normalized spacial score (nSPS) is 20.5. The molecule has 0 unspecified atom stereocenters. The van der Waals surface area contributed by atoms with Crippen molar-refractivity contribution in [1.82, 2.24) is 15.1 Å². The van der Waals surface area contributed by atoms with E-state index in [1.54, 1.807) is 35.0 Å². The van der Waals surface area contributed by atoms with Crippen LogP contribution in [0.15, 0.2) is 48.5 Å². The van der Waals surface area contributed by atoms with E-state index in [1.807, 2.05) is 44.2 Å². The van der Waals surface area contributed by atoms with E-state index in [-0.39, 0.29) is 55.3 Å². The average molecular weight is 565 g/mol. The quantitative estimate of drug-likeness (QED) is 0.449. The predicted octanol–water partition coefficient (Wildman–Crippen LogP) is 3.99. The minimum absolute atomic E-state index is 0.0690. The van der Waals surface area contributed by atoms with Gasteiger partial charge in [0.1, 0.15) is 11.9 Å². The molecule has 0 saturated heterocycles. The number of aliphatic hydroxyl groups excluding tert-OH is 1. The minimum atomic E-state index is -0.395. The van der Waals surface area contributed by atoms with Gasteiger partial charge >= 0.3 is 6.03 Å². The third-order valence-corrected chi connectivity index (χ3v) is 8.14. The lowest BCUT2D eigenvalue weighted by atomic mass is 9.96. The van der Waals surface area contributed by atoms with E-state index in [4.69, 9.17) is 4.74 Å². The molecule has 222 valence electrons. The van der Waals surface area contributed by atoms with Crippen molar-refractivity contribution in [2.75, 3.05) is 32.1 Å². The molecule has 9 nitrogen and oxygen atoms in total. The second-order valence-corrected chi connectivity index (χ2v) is 11.6. The van der Waals surface area contributed by atoms with Crippen molar-refractivity contribution in [3.8, 4) is 5.75 Å². The molecule has 0 spiro atoms. The summed E-state index contributed by atoms with van der Waals surface area (Å²) < 4.78 is 6.53. The number of hydrogen-bond acceptors (Lipinski definition) is 5. The van der Waals surface area contributed by atoms with E-state index in [9.17, 15) is 19.5 Å². The number of ether oxygens (including phenoxy) is 1. The topological polar surface area (TPSA) is 111 Å². The fourth-order valence-corrected chi connectivity index (χ4v) is 5.60. The summed E-state index contributed by atoms with van der Waals surface area (Å²) in [7, 11) is 1.77. The van der Waals surface area contributed by atoms with Crippen LogP contribution in [0, 0.1) is 5.92 Å². The van der Waals surface area contributed by atoms with Crippen LogP contribution in [0.3, 0.4) is 0 Å². The van der Waals surface area contributed by atoms with Crippen LogP contribution in [0.1, 0.15) is 57.1 Å². The van der Waals surface area contributed by atoms with Crippen molar-refractivity contribution in [3.05, 3.63) is 59.7 Å². The van der Waals surface area contributed by atoms with Crippen molar-refractivity contribution in [1.29, 1.82) is 0 Å².